The highest BCUT2D eigenvalue weighted by Gasteiger charge is 2.32. The van der Waals surface area contributed by atoms with Crippen LogP contribution in [-0.2, 0) is 22.7 Å². The van der Waals surface area contributed by atoms with Crippen molar-refractivity contribution in [3.05, 3.63) is 54.1 Å². The van der Waals surface area contributed by atoms with Gasteiger partial charge >= 0.3 is 0 Å². The molecule has 8 nitrogen and oxygen atoms in total. The van der Waals surface area contributed by atoms with Gasteiger partial charge in [-0.2, -0.15) is 0 Å². The Hall–Kier alpha value is -3.26. The first kappa shape index (κ1) is 24.4. The monoisotopic (exact) mass is 488 g/mol. The fourth-order valence-corrected chi connectivity index (χ4v) is 5.78. The molecular formula is C28H36N6O2. The molecule has 2 amide bonds. The zero-order valence-electron chi connectivity index (χ0n) is 21.3. The number of hydrogen-bond acceptors (Lipinski definition) is 5. The van der Waals surface area contributed by atoms with Crippen LogP contribution in [0, 0.1) is 0 Å². The Morgan fingerprint density at radius 1 is 0.972 bits per heavy atom. The topological polar surface area (TPSA) is 74.6 Å². The van der Waals surface area contributed by atoms with Gasteiger partial charge in [0.1, 0.15) is 5.52 Å². The number of nitrogens with zero attached hydrogens (tertiary/aromatic N) is 6. The van der Waals surface area contributed by atoms with Gasteiger partial charge in [0.15, 0.2) is 0 Å². The van der Waals surface area contributed by atoms with Gasteiger partial charge in [-0.3, -0.25) is 14.5 Å². The SMILES string of the molecule is CCC(=O)N1CCC2CCCC(CN(C(=O)CCn3nnc4ccccc43)Cc3ccccc31)N2C. The van der Waals surface area contributed by atoms with Crippen LogP contribution < -0.4 is 4.90 Å². The summed E-state index contributed by atoms with van der Waals surface area (Å²) < 4.78 is 1.82. The highest BCUT2D eigenvalue weighted by atomic mass is 16.2. The van der Waals surface area contributed by atoms with E-state index in [1.807, 2.05) is 63.9 Å². The Kier molecular flexibility index (Phi) is 7.32. The molecule has 2 atom stereocenters. The maximum Gasteiger partial charge on any atom is 0.226 e. The Balaban J connectivity index is 1.43. The molecule has 1 saturated heterocycles. The van der Waals surface area contributed by atoms with Crippen molar-refractivity contribution in [3.8, 4) is 0 Å². The summed E-state index contributed by atoms with van der Waals surface area (Å²) in [5, 5.41) is 8.49. The van der Waals surface area contributed by atoms with E-state index >= 15 is 0 Å². The largest absolute Gasteiger partial charge is 0.337 e. The van der Waals surface area contributed by atoms with Crippen molar-refractivity contribution in [1.82, 2.24) is 24.8 Å². The normalized spacial score (nSPS) is 21.2. The van der Waals surface area contributed by atoms with Crippen LogP contribution in [0.25, 0.3) is 11.0 Å². The summed E-state index contributed by atoms with van der Waals surface area (Å²) in [6.07, 6.45) is 5.14. The molecule has 2 unspecified atom stereocenters. The zero-order valence-corrected chi connectivity index (χ0v) is 21.3. The molecule has 0 N–H and O–H groups in total. The molecule has 190 valence electrons. The lowest BCUT2D eigenvalue weighted by molar-refractivity contribution is -0.133. The van der Waals surface area contributed by atoms with Gasteiger partial charge in [0.25, 0.3) is 0 Å². The molecule has 2 aromatic carbocycles. The number of hydrogen-bond donors (Lipinski definition) is 0. The number of carbonyl (C=O) groups is 2. The molecule has 2 aliphatic rings. The fraction of sp³-hybridized carbons (Fsp3) is 0.500. The van der Waals surface area contributed by atoms with Crippen molar-refractivity contribution in [2.75, 3.05) is 25.0 Å². The molecule has 5 rings (SSSR count). The van der Waals surface area contributed by atoms with Crippen LogP contribution in [0.5, 0.6) is 0 Å². The Labute approximate surface area is 212 Å². The average Bonchev–Trinajstić information content (AvgIpc) is 3.32. The second kappa shape index (κ2) is 10.8. The summed E-state index contributed by atoms with van der Waals surface area (Å²) in [6.45, 7) is 4.30. The van der Waals surface area contributed by atoms with Gasteiger partial charge in [-0.05, 0) is 50.1 Å². The number of fused-ring (bicyclic) bond motifs is 4. The summed E-state index contributed by atoms with van der Waals surface area (Å²) in [6, 6.07) is 16.6. The van der Waals surface area contributed by atoms with Gasteiger partial charge in [-0.1, -0.05) is 48.9 Å². The third-order valence-electron chi connectivity index (χ3n) is 7.90. The maximum atomic E-state index is 13.7. The molecule has 1 fully saturated rings. The van der Waals surface area contributed by atoms with Crippen molar-refractivity contribution in [2.24, 2.45) is 0 Å². The van der Waals surface area contributed by atoms with Crippen LogP contribution in [0.15, 0.2) is 48.5 Å². The molecule has 2 aliphatic heterocycles. The van der Waals surface area contributed by atoms with Crippen LogP contribution in [-0.4, -0.2) is 68.8 Å². The van der Waals surface area contributed by atoms with Crippen LogP contribution in [0.1, 0.15) is 51.0 Å². The predicted molar refractivity (Wildman–Crippen MR) is 140 cm³/mol. The molecule has 0 spiro atoms. The highest BCUT2D eigenvalue weighted by Crippen LogP contribution is 2.30. The fourth-order valence-electron chi connectivity index (χ4n) is 5.78. The molecule has 36 heavy (non-hydrogen) atoms. The number of amides is 2. The lowest BCUT2D eigenvalue weighted by Crippen LogP contribution is -2.50. The minimum absolute atomic E-state index is 0.104. The first-order chi connectivity index (χ1) is 17.5. The summed E-state index contributed by atoms with van der Waals surface area (Å²) in [5.74, 6) is 0.236. The van der Waals surface area contributed by atoms with E-state index in [-0.39, 0.29) is 11.8 Å². The molecule has 1 aromatic heterocycles. The Morgan fingerprint density at radius 2 is 1.75 bits per heavy atom. The number of carbonyl (C=O) groups excluding carboxylic acids is 2. The van der Waals surface area contributed by atoms with E-state index in [1.54, 1.807) is 0 Å². The van der Waals surface area contributed by atoms with Crippen molar-refractivity contribution in [3.63, 3.8) is 0 Å². The minimum Gasteiger partial charge on any atom is -0.337 e. The molecule has 0 saturated carbocycles. The van der Waals surface area contributed by atoms with Crippen molar-refractivity contribution < 1.29 is 9.59 Å². The van der Waals surface area contributed by atoms with Crippen LogP contribution in [0.4, 0.5) is 5.69 Å². The number of likely N-dealkylation sites (N-methyl/N-ethyl adjacent to an activating group) is 1. The van der Waals surface area contributed by atoms with Crippen molar-refractivity contribution in [1.29, 1.82) is 0 Å². The minimum atomic E-state index is 0.104. The summed E-state index contributed by atoms with van der Waals surface area (Å²) in [5.41, 5.74) is 3.74. The Morgan fingerprint density at radius 3 is 2.61 bits per heavy atom. The van der Waals surface area contributed by atoms with Crippen LogP contribution in [0.2, 0.25) is 0 Å². The van der Waals surface area contributed by atoms with E-state index in [9.17, 15) is 9.59 Å². The number of anilines is 1. The lowest BCUT2D eigenvalue weighted by atomic mass is 9.93. The van der Waals surface area contributed by atoms with E-state index in [0.717, 1.165) is 48.0 Å². The van der Waals surface area contributed by atoms with E-state index in [0.29, 0.717) is 51.1 Å². The second-order valence-corrected chi connectivity index (χ2v) is 10.0. The van der Waals surface area contributed by atoms with Gasteiger partial charge in [0.2, 0.25) is 11.8 Å². The number of aryl methyl sites for hydroxylation is 1. The number of rotatable bonds is 4. The molecule has 8 heteroatoms. The summed E-state index contributed by atoms with van der Waals surface area (Å²) in [7, 11) is 2.19. The third-order valence-corrected chi connectivity index (χ3v) is 7.90. The lowest BCUT2D eigenvalue weighted by Gasteiger charge is -2.42. The smallest absolute Gasteiger partial charge is 0.226 e. The van der Waals surface area contributed by atoms with Crippen LogP contribution >= 0.6 is 0 Å². The maximum absolute atomic E-state index is 13.7. The second-order valence-electron chi connectivity index (χ2n) is 10.0. The van der Waals surface area contributed by atoms with Gasteiger partial charge < -0.3 is 9.80 Å². The number of piperidine rings is 1. The third kappa shape index (κ3) is 5.00. The van der Waals surface area contributed by atoms with Crippen molar-refractivity contribution >= 4 is 28.5 Å². The first-order valence-electron chi connectivity index (χ1n) is 13.2. The molecule has 3 heterocycles. The van der Waals surface area contributed by atoms with E-state index in [4.69, 9.17) is 0 Å². The highest BCUT2D eigenvalue weighted by molar-refractivity contribution is 5.94. The van der Waals surface area contributed by atoms with E-state index in [2.05, 4.69) is 28.3 Å². The standard InChI is InChI=1S/C28H36N6O2/c1-3-27(35)33-17-15-22-10-8-11-23(31(22)2)20-32(19-21-9-4-6-13-25(21)33)28(36)16-18-34-26-14-7-5-12-24(26)29-30-34/h4-7,9,12-14,22-23H,3,8,10-11,15-20H2,1-2H3. The summed E-state index contributed by atoms with van der Waals surface area (Å²) in [4.78, 5) is 33.1. The number of benzene rings is 2. The average molecular weight is 489 g/mol. The molecule has 0 radical (unpaired) electrons. The first-order valence-corrected chi connectivity index (χ1v) is 13.2. The Bertz CT molecular complexity index is 1220. The van der Waals surface area contributed by atoms with Crippen LogP contribution in [0.3, 0.4) is 0 Å². The zero-order chi connectivity index (χ0) is 25.1. The van der Waals surface area contributed by atoms with E-state index in [1.165, 1.54) is 0 Å². The molecule has 0 aliphatic carbocycles. The molecule has 2 bridgehead atoms. The predicted octanol–water partition coefficient (Wildman–Crippen LogP) is 3.85. The molecule has 3 aromatic rings. The van der Waals surface area contributed by atoms with Gasteiger partial charge in [-0.25, -0.2) is 4.68 Å². The molecular weight excluding hydrogens is 452 g/mol. The van der Waals surface area contributed by atoms with Gasteiger partial charge in [0.05, 0.1) is 12.1 Å². The number of aromatic nitrogens is 3. The van der Waals surface area contributed by atoms with Gasteiger partial charge in [-0.15, -0.1) is 5.10 Å². The van der Waals surface area contributed by atoms with E-state index < -0.39 is 0 Å². The van der Waals surface area contributed by atoms with Gasteiger partial charge in [0, 0.05) is 50.2 Å². The number of para-hydroxylation sites is 2. The quantitative estimate of drug-likeness (QED) is 0.558. The van der Waals surface area contributed by atoms with Crippen molar-refractivity contribution in [2.45, 2.75) is 70.6 Å². The summed E-state index contributed by atoms with van der Waals surface area (Å²) >= 11 is 0.